The van der Waals surface area contributed by atoms with Crippen molar-refractivity contribution >= 4 is 11.9 Å². The Kier molecular flexibility index (Phi) is 81.3. The molecule has 0 aliphatic rings. The number of aliphatic hydroxyl groups is 2. The number of allylic oxidation sites excluding steroid dienone is 3. The Morgan fingerprint density at radius 2 is 0.505 bits per heavy atom. The van der Waals surface area contributed by atoms with Crippen LogP contribution >= 0.6 is 0 Å². The average molecular weight is 1310 g/mol. The summed E-state index contributed by atoms with van der Waals surface area (Å²) in [6, 6.07) is -0.626. The third-order valence-electron chi connectivity index (χ3n) is 20.5. The van der Waals surface area contributed by atoms with Crippen molar-refractivity contribution < 1.29 is 24.5 Å². The fraction of sp³-hybridized carbons (Fsp3) is 0.931. The van der Waals surface area contributed by atoms with Crippen LogP contribution in [-0.4, -0.2) is 47.4 Å². The number of hydrogen-bond donors (Lipinski definition) is 3. The van der Waals surface area contributed by atoms with Crippen LogP contribution in [0.1, 0.15) is 495 Å². The first kappa shape index (κ1) is 91.3. The van der Waals surface area contributed by atoms with Gasteiger partial charge >= 0.3 is 5.97 Å². The van der Waals surface area contributed by atoms with E-state index in [2.05, 4.69) is 31.3 Å². The van der Waals surface area contributed by atoms with Crippen molar-refractivity contribution in [1.29, 1.82) is 0 Å². The lowest BCUT2D eigenvalue weighted by Gasteiger charge is -2.20. The summed E-state index contributed by atoms with van der Waals surface area (Å²) in [6.07, 6.45) is 108. The van der Waals surface area contributed by atoms with Gasteiger partial charge in [-0.05, 0) is 57.8 Å². The number of rotatable bonds is 82. The molecule has 93 heavy (non-hydrogen) atoms. The second-order valence-corrected chi connectivity index (χ2v) is 29.9. The minimum Gasteiger partial charge on any atom is -0.466 e. The third kappa shape index (κ3) is 79.2. The van der Waals surface area contributed by atoms with Gasteiger partial charge < -0.3 is 20.3 Å². The summed E-state index contributed by atoms with van der Waals surface area (Å²) >= 11 is 0. The molecule has 0 aliphatic carbocycles. The van der Waals surface area contributed by atoms with Gasteiger partial charge in [-0.3, -0.25) is 9.59 Å². The lowest BCUT2D eigenvalue weighted by molar-refractivity contribution is -0.143. The van der Waals surface area contributed by atoms with Gasteiger partial charge in [0.15, 0.2) is 0 Å². The monoisotopic (exact) mass is 1310 g/mol. The Bertz CT molecular complexity index is 1460. The van der Waals surface area contributed by atoms with Crippen molar-refractivity contribution in [2.75, 3.05) is 13.2 Å². The Labute approximate surface area is 583 Å². The summed E-state index contributed by atoms with van der Waals surface area (Å²) in [6.45, 7) is 4.96. The first-order valence-electron chi connectivity index (χ1n) is 43.1. The van der Waals surface area contributed by atoms with Gasteiger partial charge in [-0.15, -0.1) is 0 Å². The van der Waals surface area contributed by atoms with E-state index in [9.17, 15) is 19.8 Å². The molecule has 0 aliphatic heterocycles. The van der Waals surface area contributed by atoms with Crippen molar-refractivity contribution in [2.24, 2.45) is 0 Å². The van der Waals surface area contributed by atoms with Crippen LogP contribution in [0.5, 0.6) is 0 Å². The molecule has 6 nitrogen and oxygen atoms in total. The van der Waals surface area contributed by atoms with Crippen LogP contribution in [0, 0.1) is 0 Å². The van der Waals surface area contributed by atoms with Gasteiger partial charge in [0.1, 0.15) is 0 Å². The molecule has 0 saturated heterocycles. The number of nitrogens with one attached hydrogen (secondary N) is 1. The lowest BCUT2D eigenvalue weighted by atomic mass is 10.0. The van der Waals surface area contributed by atoms with Crippen molar-refractivity contribution in [2.45, 2.75) is 508 Å². The number of ether oxygens (including phenoxy) is 1. The van der Waals surface area contributed by atoms with E-state index in [4.69, 9.17) is 4.74 Å². The largest absolute Gasteiger partial charge is 0.466 e. The van der Waals surface area contributed by atoms with Gasteiger partial charge in [0.2, 0.25) is 5.91 Å². The quantitative estimate of drug-likeness (QED) is 0.0320. The summed E-state index contributed by atoms with van der Waals surface area (Å²) in [7, 11) is 0. The standard InChI is InChI=1S/C87H169NO5/c1-3-5-7-9-11-13-15-17-19-21-23-24-25-34-37-40-44-47-51-55-59-63-67-71-75-79-85(90)84(83-89)88-86(91)80-76-72-68-64-60-56-52-48-45-41-38-35-32-30-28-26-27-29-31-33-36-39-42-46-50-54-58-62-66-70-74-78-82-93-87(92)81-77-73-69-65-61-57-53-49-43-22-20-18-16-14-12-10-8-6-4-2/h18,20,75,79,84-85,89-90H,3-17,19,21-74,76-78,80-83H2,1-2H3,(H,88,91)/b20-18-,79-75+. The Hall–Kier alpha value is -1.66. The zero-order chi connectivity index (χ0) is 67.0. The molecule has 0 heterocycles. The molecular formula is C87H169NO5. The van der Waals surface area contributed by atoms with Crippen LogP contribution in [0.2, 0.25) is 0 Å². The van der Waals surface area contributed by atoms with E-state index < -0.39 is 12.1 Å². The molecule has 0 fully saturated rings. The minimum absolute atomic E-state index is 0.0219. The van der Waals surface area contributed by atoms with E-state index >= 15 is 0 Å². The van der Waals surface area contributed by atoms with Gasteiger partial charge in [-0.2, -0.15) is 0 Å². The molecule has 0 radical (unpaired) electrons. The average Bonchev–Trinajstić information content (AvgIpc) is 3.78. The number of hydrogen-bond acceptors (Lipinski definition) is 5. The molecule has 0 bridgehead atoms. The maximum atomic E-state index is 12.6. The fourth-order valence-corrected chi connectivity index (χ4v) is 13.9. The topological polar surface area (TPSA) is 95.9 Å². The zero-order valence-electron chi connectivity index (χ0n) is 63.5. The van der Waals surface area contributed by atoms with Crippen LogP contribution in [-0.2, 0) is 14.3 Å². The van der Waals surface area contributed by atoms with Crippen molar-refractivity contribution in [3.8, 4) is 0 Å². The highest BCUT2D eigenvalue weighted by molar-refractivity contribution is 5.76. The molecule has 0 rings (SSSR count). The van der Waals surface area contributed by atoms with Gasteiger partial charge in [0.25, 0.3) is 0 Å². The summed E-state index contributed by atoms with van der Waals surface area (Å²) < 4.78 is 5.52. The van der Waals surface area contributed by atoms with E-state index in [1.54, 1.807) is 6.08 Å². The molecule has 0 aromatic rings. The minimum atomic E-state index is -0.843. The van der Waals surface area contributed by atoms with E-state index in [1.165, 1.54) is 430 Å². The highest BCUT2D eigenvalue weighted by atomic mass is 16.5. The van der Waals surface area contributed by atoms with Crippen LogP contribution in [0.25, 0.3) is 0 Å². The van der Waals surface area contributed by atoms with Crippen LogP contribution < -0.4 is 5.32 Å². The predicted molar refractivity (Wildman–Crippen MR) is 412 cm³/mol. The Balaban J connectivity index is 3.34. The normalized spacial score (nSPS) is 12.5. The molecule has 2 unspecified atom stereocenters. The first-order valence-corrected chi connectivity index (χ1v) is 43.1. The van der Waals surface area contributed by atoms with E-state index in [-0.39, 0.29) is 18.5 Å². The highest BCUT2D eigenvalue weighted by Gasteiger charge is 2.18. The molecule has 3 N–H and O–H groups in total. The number of amides is 1. The zero-order valence-corrected chi connectivity index (χ0v) is 63.5. The number of unbranched alkanes of at least 4 members (excludes halogenated alkanes) is 69. The molecule has 0 saturated carbocycles. The molecule has 6 heteroatoms. The Morgan fingerprint density at radius 3 is 0.763 bits per heavy atom. The van der Waals surface area contributed by atoms with E-state index in [0.29, 0.717) is 19.4 Å². The smallest absolute Gasteiger partial charge is 0.305 e. The summed E-state index contributed by atoms with van der Waals surface area (Å²) in [4.78, 5) is 24.7. The molecule has 2 atom stereocenters. The lowest BCUT2D eigenvalue weighted by Crippen LogP contribution is -2.45. The van der Waals surface area contributed by atoms with Gasteiger partial charge in [0.05, 0.1) is 25.4 Å². The first-order chi connectivity index (χ1) is 46.0. The van der Waals surface area contributed by atoms with Crippen molar-refractivity contribution in [3.63, 3.8) is 0 Å². The van der Waals surface area contributed by atoms with E-state index in [1.807, 2.05) is 6.08 Å². The number of esters is 1. The second-order valence-electron chi connectivity index (χ2n) is 29.9. The molecule has 0 aromatic carbocycles. The highest BCUT2D eigenvalue weighted by Crippen LogP contribution is 2.21. The predicted octanol–water partition coefficient (Wildman–Crippen LogP) is 28.8. The van der Waals surface area contributed by atoms with Crippen molar-refractivity contribution in [1.82, 2.24) is 5.32 Å². The van der Waals surface area contributed by atoms with E-state index in [0.717, 1.165) is 38.5 Å². The number of aliphatic hydroxyl groups excluding tert-OH is 2. The summed E-state index contributed by atoms with van der Waals surface area (Å²) in [5.74, 6) is -0.0356. The van der Waals surface area contributed by atoms with Gasteiger partial charge in [-0.25, -0.2) is 0 Å². The molecule has 552 valence electrons. The van der Waals surface area contributed by atoms with Crippen LogP contribution in [0.3, 0.4) is 0 Å². The van der Waals surface area contributed by atoms with Gasteiger partial charge in [0, 0.05) is 12.8 Å². The summed E-state index contributed by atoms with van der Waals surface area (Å²) in [5.41, 5.74) is 0. The molecular weight excluding hydrogens is 1140 g/mol. The number of carbonyl (C=O) groups is 2. The Morgan fingerprint density at radius 1 is 0.290 bits per heavy atom. The second kappa shape index (κ2) is 82.8. The molecule has 0 spiro atoms. The number of carbonyl (C=O) groups excluding carboxylic acids is 2. The van der Waals surface area contributed by atoms with Crippen LogP contribution in [0.15, 0.2) is 24.3 Å². The molecule has 0 aromatic heterocycles. The molecule has 1 amide bonds. The van der Waals surface area contributed by atoms with Gasteiger partial charge in [-0.1, -0.05) is 449 Å². The summed E-state index contributed by atoms with van der Waals surface area (Å²) in [5, 5.41) is 23.3. The third-order valence-corrected chi connectivity index (χ3v) is 20.5. The van der Waals surface area contributed by atoms with Crippen molar-refractivity contribution in [3.05, 3.63) is 24.3 Å². The van der Waals surface area contributed by atoms with Crippen LogP contribution in [0.4, 0.5) is 0 Å². The maximum absolute atomic E-state index is 12.6. The fourth-order valence-electron chi connectivity index (χ4n) is 13.9. The SMILES string of the molecule is CCCCCCCC/C=C\CCCCCCCCCCCC(=O)OCCCCCCCCCCCCCCCCCCCCCCCCCCCCCCCCCCC(=O)NC(CO)C(O)/C=C/CCCCCCCCCCCCCCCCCCCCCCCCC. The maximum Gasteiger partial charge on any atom is 0.305 e.